The van der Waals surface area contributed by atoms with Gasteiger partial charge in [0.1, 0.15) is 11.8 Å². The summed E-state index contributed by atoms with van der Waals surface area (Å²) in [6, 6.07) is 13.1. The predicted molar refractivity (Wildman–Crippen MR) is 139 cm³/mol. The maximum atomic E-state index is 13.5. The molecule has 0 amide bonds. The molecule has 0 saturated carbocycles. The van der Waals surface area contributed by atoms with E-state index in [0.29, 0.717) is 54.6 Å². The summed E-state index contributed by atoms with van der Waals surface area (Å²) in [5.74, 6) is 2.71. The molecular weight excluding hydrogens is 490 g/mol. The van der Waals surface area contributed by atoms with Crippen molar-refractivity contribution in [3.05, 3.63) is 64.2 Å². The molecule has 1 atom stereocenters. The van der Waals surface area contributed by atoms with Gasteiger partial charge < -0.3 is 28.8 Å². The second-order valence-electron chi connectivity index (χ2n) is 9.20. The third-order valence-corrected chi connectivity index (χ3v) is 7.08. The molecule has 0 aliphatic carbocycles. The van der Waals surface area contributed by atoms with Gasteiger partial charge in [0.15, 0.2) is 17.3 Å². The van der Waals surface area contributed by atoms with Gasteiger partial charge in [0.05, 0.1) is 31.5 Å². The molecule has 2 aliphatic rings. The van der Waals surface area contributed by atoms with E-state index < -0.39 is 6.04 Å². The van der Waals surface area contributed by atoms with Gasteiger partial charge in [-0.2, -0.15) is 0 Å². The van der Waals surface area contributed by atoms with Crippen LogP contribution in [0.25, 0.3) is 10.9 Å². The number of aromatic nitrogens is 5. The summed E-state index contributed by atoms with van der Waals surface area (Å²) < 4.78 is 23.6. The standard InChI is InChI=1S/C26H29N7O5/c1-35-12-11-33-25(28-29-30-33)24(32-9-7-31(8-10-32)20-5-3-4-6-21(20)36-2)18-13-17-14-22-23(38-16-37-22)15-19(17)27-26(18)34/h3-6,13-15,24H,7-12,16H2,1-2H3,(H,27,34)/t24-/m0/s1. The number of pyridine rings is 1. The van der Waals surface area contributed by atoms with Crippen LogP contribution in [-0.4, -0.2) is 83.9 Å². The van der Waals surface area contributed by atoms with E-state index in [-0.39, 0.29) is 12.4 Å². The van der Waals surface area contributed by atoms with Crippen molar-refractivity contribution in [1.82, 2.24) is 30.1 Å². The number of para-hydroxylation sites is 2. The molecule has 1 N–H and O–H groups in total. The Balaban J connectivity index is 1.37. The summed E-state index contributed by atoms with van der Waals surface area (Å²) in [5, 5.41) is 13.4. The van der Waals surface area contributed by atoms with E-state index >= 15 is 0 Å². The number of anilines is 1. The van der Waals surface area contributed by atoms with Crippen LogP contribution in [0.2, 0.25) is 0 Å². The Labute approximate surface area is 218 Å². The number of methoxy groups -OCH3 is 2. The molecule has 1 fully saturated rings. The number of fused-ring (bicyclic) bond motifs is 2. The number of aromatic amines is 1. The van der Waals surface area contributed by atoms with Crippen molar-refractivity contribution >= 4 is 16.6 Å². The van der Waals surface area contributed by atoms with Crippen LogP contribution in [0.1, 0.15) is 17.4 Å². The number of nitrogens with zero attached hydrogens (tertiary/aromatic N) is 6. The zero-order valence-corrected chi connectivity index (χ0v) is 21.3. The second-order valence-corrected chi connectivity index (χ2v) is 9.20. The fourth-order valence-electron chi connectivity index (χ4n) is 5.17. The summed E-state index contributed by atoms with van der Waals surface area (Å²) in [6.45, 7) is 3.97. The Bertz CT molecular complexity index is 1500. The molecule has 2 aromatic heterocycles. The van der Waals surface area contributed by atoms with Crippen molar-refractivity contribution in [2.24, 2.45) is 0 Å². The number of H-pyrrole nitrogens is 1. The quantitative estimate of drug-likeness (QED) is 0.369. The molecule has 2 aliphatic heterocycles. The fourth-order valence-corrected chi connectivity index (χ4v) is 5.17. The molecule has 12 nitrogen and oxygen atoms in total. The number of benzene rings is 2. The lowest BCUT2D eigenvalue weighted by molar-refractivity contribution is 0.171. The van der Waals surface area contributed by atoms with E-state index in [1.165, 1.54) is 0 Å². The second kappa shape index (κ2) is 10.3. The minimum atomic E-state index is -0.458. The predicted octanol–water partition coefficient (Wildman–Crippen LogP) is 1.81. The van der Waals surface area contributed by atoms with Crippen LogP contribution in [0, 0.1) is 0 Å². The lowest BCUT2D eigenvalue weighted by Gasteiger charge is -2.40. The Kier molecular flexibility index (Phi) is 6.56. The minimum Gasteiger partial charge on any atom is -0.495 e. The van der Waals surface area contributed by atoms with Crippen LogP contribution in [0.15, 0.2) is 47.3 Å². The molecule has 0 radical (unpaired) electrons. The molecule has 6 rings (SSSR count). The Hall–Kier alpha value is -4.16. The summed E-state index contributed by atoms with van der Waals surface area (Å²) >= 11 is 0. The van der Waals surface area contributed by atoms with E-state index in [1.807, 2.05) is 30.3 Å². The van der Waals surface area contributed by atoms with Gasteiger partial charge >= 0.3 is 0 Å². The summed E-state index contributed by atoms with van der Waals surface area (Å²) in [4.78, 5) is 21.1. The van der Waals surface area contributed by atoms with E-state index in [1.54, 1.807) is 25.0 Å². The monoisotopic (exact) mass is 519 g/mol. The van der Waals surface area contributed by atoms with Gasteiger partial charge in [-0.3, -0.25) is 9.69 Å². The highest BCUT2D eigenvalue weighted by atomic mass is 16.7. The van der Waals surface area contributed by atoms with Crippen LogP contribution >= 0.6 is 0 Å². The topological polar surface area (TPSA) is 120 Å². The molecule has 2 aromatic carbocycles. The Morgan fingerprint density at radius 2 is 1.84 bits per heavy atom. The maximum absolute atomic E-state index is 13.5. The number of tetrazole rings is 1. The molecule has 0 unspecified atom stereocenters. The zero-order chi connectivity index (χ0) is 26.1. The first-order valence-corrected chi connectivity index (χ1v) is 12.5. The molecule has 38 heavy (non-hydrogen) atoms. The number of ether oxygens (including phenoxy) is 4. The summed E-state index contributed by atoms with van der Waals surface area (Å²) in [6.07, 6.45) is 0. The number of hydrogen-bond donors (Lipinski definition) is 1. The number of hydrogen-bond acceptors (Lipinski definition) is 10. The fraction of sp³-hybridized carbons (Fsp3) is 0.385. The minimum absolute atomic E-state index is 0.163. The van der Waals surface area contributed by atoms with Crippen molar-refractivity contribution in [2.75, 3.05) is 58.7 Å². The highest BCUT2D eigenvalue weighted by Crippen LogP contribution is 2.37. The zero-order valence-electron chi connectivity index (χ0n) is 21.3. The Morgan fingerprint density at radius 1 is 1.05 bits per heavy atom. The van der Waals surface area contributed by atoms with E-state index in [4.69, 9.17) is 18.9 Å². The molecular formula is C26H29N7O5. The molecule has 198 valence electrons. The van der Waals surface area contributed by atoms with Crippen molar-refractivity contribution < 1.29 is 18.9 Å². The van der Waals surface area contributed by atoms with Crippen LogP contribution in [0.4, 0.5) is 5.69 Å². The van der Waals surface area contributed by atoms with Crippen molar-refractivity contribution in [2.45, 2.75) is 12.6 Å². The highest BCUT2D eigenvalue weighted by Gasteiger charge is 2.33. The van der Waals surface area contributed by atoms with Crippen molar-refractivity contribution in [1.29, 1.82) is 0 Å². The molecule has 4 heterocycles. The first kappa shape index (κ1) is 24.2. The van der Waals surface area contributed by atoms with E-state index in [0.717, 1.165) is 29.9 Å². The van der Waals surface area contributed by atoms with Gasteiger partial charge in [-0.1, -0.05) is 12.1 Å². The lowest BCUT2D eigenvalue weighted by atomic mass is 10.0. The third-order valence-electron chi connectivity index (χ3n) is 7.08. The number of piperazine rings is 1. The van der Waals surface area contributed by atoms with E-state index in [2.05, 4.69) is 36.4 Å². The molecule has 4 aromatic rings. The van der Waals surface area contributed by atoms with Crippen molar-refractivity contribution in [3.8, 4) is 17.2 Å². The highest BCUT2D eigenvalue weighted by molar-refractivity contribution is 5.83. The normalized spacial score (nSPS) is 16.2. The first-order valence-electron chi connectivity index (χ1n) is 12.5. The molecule has 1 saturated heterocycles. The van der Waals surface area contributed by atoms with Crippen LogP contribution in [0.3, 0.4) is 0 Å². The van der Waals surface area contributed by atoms with Crippen LogP contribution in [0.5, 0.6) is 17.2 Å². The Morgan fingerprint density at radius 3 is 2.63 bits per heavy atom. The summed E-state index contributed by atoms with van der Waals surface area (Å²) in [5.41, 5.74) is 2.10. The number of nitrogens with one attached hydrogen (secondary N) is 1. The first-order chi connectivity index (χ1) is 18.7. The van der Waals surface area contributed by atoms with Gasteiger partial charge in [0.2, 0.25) is 6.79 Å². The molecule has 12 heteroatoms. The average Bonchev–Trinajstić information content (AvgIpc) is 3.60. The van der Waals surface area contributed by atoms with Crippen LogP contribution in [-0.2, 0) is 11.3 Å². The smallest absolute Gasteiger partial charge is 0.253 e. The third kappa shape index (κ3) is 4.41. The van der Waals surface area contributed by atoms with Crippen molar-refractivity contribution in [3.63, 3.8) is 0 Å². The molecule has 0 spiro atoms. The van der Waals surface area contributed by atoms with Gasteiger partial charge in [-0.15, -0.1) is 5.10 Å². The summed E-state index contributed by atoms with van der Waals surface area (Å²) in [7, 11) is 3.32. The number of rotatable bonds is 8. The lowest BCUT2D eigenvalue weighted by Crippen LogP contribution is -2.49. The average molecular weight is 520 g/mol. The van der Waals surface area contributed by atoms with Gasteiger partial charge in [-0.25, -0.2) is 4.68 Å². The largest absolute Gasteiger partial charge is 0.495 e. The maximum Gasteiger partial charge on any atom is 0.253 e. The van der Waals surface area contributed by atoms with E-state index in [9.17, 15) is 4.79 Å². The van der Waals surface area contributed by atoms with Gasteiger partial charge in [-0.05, 0) is 34.7 Å². The van der Waals surface area contributed by atoms with Gasteiger partial charge in [0.25, 0.3) is 5.56 Å². The van der Waals surface area contributed by atoms with Crippen LogP contribution < -0.4 is 24.7 Å². The van der Waals surface area contributed by atoms with Gasteiger partial charge in [0, 0.05) is 50.3 Å². The molecule has 0 bridgehead atoms. The SMILES string of the molecule is COCCn1nnnc1[C@H](c1cc2cc3c(cc2[nH]c1=O)OCO3)N1CCN(c2ccccc2OC)CC1.